The minimum absolute atomic E-state index is 0.0936. The molecule has 0 heterocycles. The van der Waals surface area contributed by atoms with Gasteiger partial charge in [-0.2, -0.15) is 0 Å². The Bertz CT molecular complexity index is 482. The van der Waals surface area contributed by atoms with E-state index in [4.69, 9.17) is 0 Å². The van der Waals surface area contributed by atoms with Gasteiger partial charge in [-0.25, -0.2) is 0 Å². The Labute approximate surface area is 82.4 Å². The Morgan fingerprint density at radius 1 is 1.14 bits per heavy atom. The first kappa shape index (κ1) is 7.98. The molecule has 0 aliphatic heterocycles. The zero-order valence-electron chi connectivity index (χ0n) is 7.83. The van der Waals surface area contributed by atoms with Gasteiger partial charge in [-0.1, -0.05) is 36.4 Å². The number of alkyl halides is 1. The molecule has 0 saturated heterocycles. The van der Waals surface area contributed by atoms with Crippen molar-refractivity contribution in [2.24, 2.45) is 0 Å². The fourth-order valence-electron chi connectivity index (χ4n) is 2.47. The Kier molecular flexibility index (Phi) is 1.60. The molecule has 0 saturated carbocycles. The van der Waals surface area contributed by atoms with Crippen molar-refractivity contribution in [3.05, 3.63) is 47.5 Å². The monoisotopic (exact) mass is 186 g/mol. The Morgan fingerprint density at radius 3 is 2.71 bits per heavy atom. The van der Waals surface area contributed by atoms with Gasteiger partial charge < -0.3 is 0 Å². The second kappa shape index (κ2) is 2.81. The van der Waals surface area contributed by atoms with E-state index in [-0.39, 0.29) is 12.6 Å². The van der Waals surface area contributed by atoms with Crippen LogP contribution >= 0.6 is 0 Å². The molecule has 0 radical (unpaired) electrons. The fourth-order valence-corrected chi connectivity index (χ4v) is 2.47. The maximum absolute atomic E-state index is 12.8. The Morgan fingerprint density at radius 2 is 1.93 bits per heavy atom. The molecule has 70 valence electrons. The molecule has 0 aromatic heterocycles. The summed E-state index contributed by atoms with van der Waals surface area (Å²) in [5.74, 6) is 0.0936. The molecule has 0 nitrogen and oxygen atoms in total. The molecular formula is C13H11F. The zero-order chi connectivity index (χ0) is 9.54. The van der Waals surface area contributed by atoms with Crippen molar-refractivity contribution >= 4 is 10.8 Å². The van der Waals surface area contributed by atoms with Gasteiger partial charge >= 0.3 is 0 Å². The number of halogens is 1. The molecule has 0 N–H and O–H groups in total. The van der Waals surface area contributed by atoms with E-state index in [0.29, 0.717) is 0 Å². The zero-order valence-corrected chi connectivity index (χ0v) is 7.83. The molecule has 1 heteroatoms. The minimum Gasteiger partial charge on any atom is -0.250 e. The van der Waals surface area contributed by atoms with Crippen LogP contribution in [0.3, 0.4) is 0 Å². The van der Waals surface area contributed by atoms with Gasteiger partial charge in [-0.05, 0) is 28.3 Å². The van der Waals surface area contributed by atoms with Crippen molar-refractivity contribution in [1.82, 2.24) is 0 Å². The lowest BCUT2D eigenvalue weighted by Gasteiger charge is -2.04. The highest BCUT2D eigenvalue weighted by molar-refractivity contribution is 5.91. The molecule has 1 atom stereocenters. The summed E-state index contributed by atoms with van der Waals surface area (Å²) in [5, 5.41) is 2.54. The Balaban J connectivity index is 2.38. The summed E-state index contributed by atoms with van der Waals surface area (Å²) >= 11 is 0. The largest absolute Gasteiger partial charge is 0.250 e. The van der Waals surface area contributed by atoms with Crippen LogP contribution in [0.1, 0.15) is 17.0 Å². The van der Waals surface area contributed by atoms with Crippen molar-refractivity contribution < 1.29 is 4.39 Å². The Hall–Kier alpha value is -1.37. The third-order valence-corrected chi connectivity index (χ3v) is 3.12. The fraction of sp³-hybridized carbons (Fsp3) is 0.231. The van der Waals surface area contributed by atoms with E-state index in [2.05, 4.69) is 30.3 Å². The first-order valence-electron chi connectivity index (χ1n) is 4.96. The van der Waals surface area contributed by atoms with E-state index in [9.17, 15) is 4.39 Å². The van der Waals surface area contributed by atoms with Crippen LogP contribution in [0.2, 0.25) is 0 Å². The van der Waals surface area contributed by atoms with E-state index in [1.807, 2.05) is 6.07 Å². The molecule has 14 heavy (non-hydrogen) atoms. The van der Waals surface area contributed by atoms with Crippen LogP contribution in [0, 0.1) is 0 Å². The molecule has 0 spiro atoms. The van der Waals surface area contributed by atoms with Crippen molar-refractivity contribution in [1.29, 1.82) is 0 Å². The second-order valence-corrected chi connectivity index (χ2v) is 3.92. The van der Waals surface area contributed by atoms with Gasteiger partial charge in [0.2, 0.25) is 0 Å². The first-order valence-corrected chi connectivity index (χ1v) is 4.96. The molecule has 1 aliphatic carbocycles. The standard InChI is InChI=1S/C13H11F/c14-8-11-7-10-5-1-3-9-4-2-6-12(11)13(9)10/h1-6,11H,7-8H2. The lowest BCUT2D eigenvalue weighted by molar-refractivity contribution is 0.435. The third-order valence-electron chi connectivity index (χ3n) is 3.12. The number of hydrogen-bond donors (Lipinski definition) is 0. The average Bonchev–Trinajstić information content (AvgIpc) is 2.60. The highest BCUT2D eigenvalue weighted by Crippen LogP contribution is 2.38. The van der Waals surface area contributed by atoms with Crippen LogP contribution in [-0.2, 0) is 6.42 Å². The maximum Gasteiger partial charge on any atom is 0.0966 e. The van der Waals surface area contributed by atoms with Crippen LogP contribution in [0.4, 0.5) is 4.39 Å². The summed E-state index contributed by atoms with van der Waals surface area (Å²) in [5.41, 5.74) is 2.50. The number of benzene rings is 2. The molecule has 1 unspecified atom stereocenters. The highest BCUT2D eigenvalue weighted by Gasteiger charge is 2.23. The van der Waals surface area contributed by atoms with Gasteiger partial charge in [0.1, 0.15) is 0 Å². The van der Waals surface area contributed by atoms with Gasteiger partial charge in [0.25, 0.3) is 0 Å². The first-order chi connectivity index (χ1) is 6.90. The van der Waals surface area contributed by atoms with Crippen molar-refractivity contribution in [2.45, 2.75) is 12.3 Å². The van der Waals surface area contributed by atoms with Crippen LogP contribution < -0.4 is 0 Å². The van der Waals surface area contributed by atoms with Crippen LogP contribution in [-0.4, -0.2) is 6.67 Å². The number of rotatable bonds is 1. The lowest BCUT2D eigenvalue weighted by atomic mass is 10.0. The summed E-state index contributed by atoms with van der Waals surface area (Å²) < 4.78 is 12.8. The molecule has 0 bridgehead atoms. The van der Waals surface area contributed by atoms with E-state index in [1.165, 1.54) is 21.9 Å². The van der Waals surface area contributed by atoms with E-state index in [1.54, 1.807) is 0 Å². The SMILES string of the molecule is FCC1Cc2cccc3cccc1c23. The van der Waals surface area contributed by atoms with E-state index in [0.717, 1.165) is 6.42 Å². The van der Waals surface area contributed by atoms with Crippen LogP contribution in [0.15, 0.2) is 36.4 Å². The smallest absolute Gasteiger partial charge is 0.0966 e. The molecular weight excluding hydrogens is 175 g/mol. The second-order valence-electron chi connectivity index (χ2n) is 3.92. The van der Waals surface area contributed by atoms with Gasteiger partial charge in [0, 0.05) is 5.92 Å². The summed E-state index contributed by atoms with van der Waals surface area (Å²) in [7, 11) is 0. The normalized spacial score (nSPS) is 19.1. The van der Waals surface area contributed by atoms with Gasteiger partial charge in [-0.3, -0.25) is 4.39 Å². The van der Waals surface area contributed by atoms with E-state index >= 15 is 0 Å². The predicted octanol–water partition coefficient (Wildman–Crippen LogP) is 3.45. The molecule has 1 aliphatic rings. The molecule has 2 aromatic carbocycles. The van der Waals surface area contributed by atoms with Crippen LogP contribution in [0.25, 0.3) is 10.8 Å². The summed E-state index contributed by atoms with van der Waals surface area (Å²) in [6.07, 6.45) is 0.868. The third kappa shape index (κ3) is 0.926. The molecule has 3 rings (SSSR count). The quantitative estimate of drug-likeness (QED) is 0.640. The van der Waals surface area contributed by atoms with E-state index < -0.39 is 0 Å². The number of hydrogen-bond acceptors (Lipinski definition) is 0. The maximum atomic E-state index is 12.8. The van der Waals surface area contributed by atoms with Gasteiger partial charge in [-0.15, -0.1) is 0 Å². The summed E-state index contributed by atoms with van der Waals surface area (Å²) in [6.45, 7) is -0.242. The molecule has 0 fully saturated rings. The molecule has 2 aromatic rings. The van der Waals surface area contributed by atoms with Crippen molar-refractivity contribution in [3.63, 3.8) is 0 Å². The van der Waals surface area contributed by atoms with Gasteiger partial charge in [0.15, 0.2) is 0 Å². The van der Waals surface area contributed by atoms with Crippen molar-refractivity contribution in [2.75, 3.05) is 6.67 Å². The molecule has 0 amide bonds. The lowest BCUT2D eigenvalue weighted by Crippen LogP contribution is -1.97. The van der Waals surface area contributed by atoms with Crippen LogP contribution in [0.5, 0.6) is 0 Å². The topological polar surface area (TPSA) is 0 Å². The predicted molar refractivity (Wildman–Crippen MR) is 56.4 cm³/mol. The van der Waals surface area contributed by atoms with Gasteiger partial charge in [0.05, 0.1) is 6.67 Å². The summed E-state index contributed by atoms with van der Waals surface area (Å²) in [6, 6.07) is 12.5. The highest BCUT2D eigenvalue weighted by atomic mass is 19.1. The minimum atomic E-state index is -0.242. The average molecular weight is 186 g/mol. The summed E-state index contributed by atoms with van der Waals surface area (Å²) in [4.78, 5) is 0. The van der Waals surface area contributed by atoms with Crippen molar-refractivity contribution in [3.8, 4) is 0 Å².